The van der Waals surface area contributed by atoms with Gasteiger partial charge in [-0.3, -0.25) is 0 Å². The molecule has 11 heavy (non-hydrogen) atoms. The normalized spacial score (nSPS) is 10.6. The van der Waals surface area contributed by atoms with E-state index in [9.17, 15) is 0 Å². The zero-order valence-electron chi connectivity index (χ0n) is 5.62. The van der Waals surface area contributed by atoms with Crippen molar-refractivity contribution >= 4 is 41.9 Å². The summed E-state index contributed by atoms with van der Waals surface area (Å²) in [7, 11) is 0. The molecule has 0 aliphatic carbocycles. The molecule has 4 heteroatoms. The van der Waals surface area contributed by atoms with Crippen LogP contribution >= 0.6 is 15.9 Å². The number of alkyl halides is 1. The van der Waals surface area contributed by atoms with Crippen LogP contribution in [0.2, 0.25) is 0 Å². The van der Waals surface area contributed by atoms with Crippen molar-refractivity contribution in [2.45, 2.75) is 5.33 Å². The van der Waals surface area contributed by atoms with Crippen molar-refractivity contribution in [1.82, 2.24) is 7.96 Å². The van der Waals surface area contributed by atoms with E-state index in [0.29, 0.717) is 0 Å². The van der Waals surface area contributed by atoms with Gasteiger partial charge in [0.2, 0.25) is 0 Å². The number of fused-ring (bicyclic) bond motifs is 1. The first-order chi connectivity index (χ1) is 5.42. The summed E-state index contributed by atoms with van der Waals surface area (Å²) in [5, 5.41) is 0.866. The summed E-state index contributed by atoms with van der Waals surface area (Å²) < 4.78 is 8.62. The van der Waals surface area contributed by atoms with Crippen molar-refractivity contribution in [3.8, 4) is 0 Å². The molecule has 0 spiro atoms. The molecule has 0 unspecified atom stereocenters. The minimum absolute atomic E-state index is 0.0978. The molecule has 0 radical (unpaired) electrons. The van der Waals surface area contributed by atoms with Crippen LogP contribution in [0.3, 0.4) is 0 Å². The zero-order valence-corrected chi connectivity index (χ0v) is 8.92. The molecule has 0 fully saturated rings. The standard InChI is InChI=1S/C7H5BrN2Se/c8-4-5-2-1-3-6-7(5)10-11-9-6/h1-3H,4H2. The Hall–Kier alpha value is -0.181. The summed E-state index contributed by atoms with van der Waals surface area (Å²) in [6.45, 7) is 0. The number of hydrogen-bond donors (Lipinski definition) is 0. The Morgan fingerprint density at radius 2 is 2.27 bits per heavy atom. The van der Waals surface area contributed by atoms with Gasteiger partial charge in [0.15, 0.2) is 0 Å². The second-order valence-corrected chi connectivity index (χ2v) is 3.85. The van der Waals surface area contributed by atoms with Crippen molar-refractivity contribution in [3.63, 3.8) is 0 Å². The van der Waals surface area contributed by atoms with E-state index in [0.717, 1.165) is 16.4 Å². The van der Waals surface area contributed by atoms with Gasteiger partial charge in [0.1, 0.15) is 0 Å². The summed E-state index contributed by atoms with van der Waals surface area (Å²) in [5.41, 5.74) is 3.39. The Balaban J connectivity index is 2.79. The molecule has 2 aromatic rings. The Labute approximate surface area is 79.0 Å². The predicted molar refractivity (Wildman–Crippen MR) is 49.1 cm³/mol. The molecule has 0 atom stereocenters. The van der Waals surface area contributed by atoms with Gasteiger partial charge in [0.05, 0.1) is 0 Å². The third-order valence-electron chi connectivity index (χ3n) is 1.51. The van der Waals surface area contributed by atoms with E-state index in [1.807, 2.05) is 12.1 Å². The zero-order chi connectivity index (χ0) is 7.68. The number of rotatable bonds is 1. The first-order valence-electron chi connectivity index (χ1n) is 3.18. The Bertz CT molecular complexity index is 371. The monoisotopic (exact) mass is 276 g/mol. The van der Waals surface area contributed by atoms with Gasteiger partial charge in [-0.15, -0.1) is 0 Å². The molecular formula is C7H5BrN2Se. The van der Waals surface area contributed by atoms with Crippen molar-refractivity contribution in [2.24, 2.45) is 0 Å². The first kappa shape index (κ1) is 7.47. The van der Waals surface area contributed by atoms with Crippen molar-refractivity contribution in [1.29, 1.82) is 0 Å². The van der Waals surface area contributed by atoms with Gasteiger partial charge in [-0.25, -0.2) is 0 Å². The Morgan fingerprint density at radius 1 is 1.36 bits per heavy atom. The maximum absolute atomic E-state index is 4.34. The molecule has 1 aromatic carbocycles. The van der Waals surface area contributed by atoms with Crippen molar-refractivity contribution in [2.75, 3.05) is 0 Å². The Kier molecular flexibility index (Phi) is 2.07. The van der Waals surface area contributed by atoms with Gasteiger partial charge in [0, 0.05) is 0 Å². The summed E-state index contributed by atoms with van der Waals surface area (Å²) in [4.78, 5) is 0. The van der Waals surface area contributed by atoms with E-state index in [2.05, 4.69) is 30.0 Å². The molecule has 2 rings (SSSR count). The molecule has 0 amide bonds. The maximum atomic E-state index is 4.34. The third-order valence-corrected chi connectivity index (χ3v) is 3.26. The van der Waals surface area contributed by atoms with E-state index in [-0.39, 0.29) is 15.0 Å². The van der Waals surface area contributed by atoms with E-state index in [4.69, 9.17) is 0 Å². The van der Waals surface area contributed by atoms with Crippen molar-refractivity contribution < 1.29 is 0 Å². The third kappa shape index (κ3) is 1.26. The van der Waals surface area contributed by atoms with Crippen LogP contribution in [0.5, 0.6) is 0 Å². The van der Waals surface area contributed by atoms with Gasteiger partial charge in [-0.1, -0.05) is 0 Å². The fraction of sp³-hybridized carbons (Fsp3) is 0.143. The summed E-state index contributed by atoms with van der Waals surface area (Å²) >= 11 is 3.51. The van der Waals surface area contributed by atoms with Gasteiger partial charge < -0.3 is 0 Å². The number of benzene rings is 1. The summed E-state index contributed by atoms with van der Waals surface area (Å²) in [5.74, 6) is 0. The van der Waals surface area contributed by atoms with Crippen LogP contribution in [0.1, 0.15) is 5.56 Å². The molecule has 0 aliphatic rings. The molecule has 0 saturated heterocycles. The fourth-order valence-corrected chi connectivity index (χ4v) is 2.62. The van der Waals surface area contributed by atoms with Crippen LogP contribution in [0.25, 0.3) is 11.0 Å². The van der Waals surface area contributed by atoms with E-state index in [1.165, 1.54) is 5.56 Å². The van der Waals surface area contributed by atoms with Crippen LogP contribution in [0, 0.1) is 0 Å². The number of aromatic nitrogens is 2. The van der Waals surface area contributed by atoms with Gasteiger partial charge >= 0.3 is 79.0 Å². The average Bonchev–Trinajstić information content (AvgIpc) is 2.50. The Morgan fingerprint density at radius 3 is 3.09 bits per heavy atom. The predicted octanol–water partition coefficient (Wildman–Crippen LogP) is 1.58. The molecule has 56 valence electrons. The summed E-state index contributed by atoms with van der Waals surface area (Å²) in [6, 6.07) is 6.11. The van der Waals surface area contributed by atoms with E-state index < -0.39 is 0 Å². The number of halogens is 1. The van der Waals surface area contributed by atoms with Crippen LogP contribution in [-0.4, -0.2) is 22.9 Å². The molecule has 0 aliphatic heterocycles. The van der Waals surface area contributed by atoms with E-state index >= 15 is 0 Å². The van der Waals surface area contributed by atoms with Crippen LogP contribution in [0.4, 0.5) is 0 Å². The molecule has 0 bridgehead atoms. The van der Waals surface area contributed by atoms with Gasteiger partial charge in [0.25, 0.3) is 0 Å². The van der Waals surface area contributed by atoms with Crippen molar-refractivity contribution in [3.05, 3.63) is 23.8 Å². The van der Waals surface area contributed by atoms with Crippen LogP contribution in [-0.2, 0) is 5.33 Å². The van der Waals surface area contributed by atoms with Gasteiger partial charge in [-0.2, -0.15) is 0 Å². The second kappa shape index (κ2) is 3.05. The van der Waals surface area contributed by atoms with E-state index in [1.54, 1.807) is 0 Å². The topological polar surface area (TPSA) is 25.8 Å². The first-order valence-corrected chi connectivity index (χ1v) is 5.83. The summed E-state index contributed by atoms with van der Waals surface area (Å²) in [6.07, 6.45) is 0. The van der Waals surface area contributed by atoms with Gasteiger partial charge in [-0.05, 0) is 0 Å². The number of hydrogen-bond acceptors (Lipinski definition) is 2. The molecule has 0 N–H and O–H groups in total. The molecular weight excluding hydrogens is 271 g/mol. The molecule has 2 nitrogen and oxygen atoms in total. The minimum atomic E-state index is 0.0978. The molecule has 1 heterocycles. The fourth-order valence-electron chi connectivity index (χ4n) is 0.970. The molecule has 0 saturated carbocycles. The second-order valence-electron chi connectivity index (χ2n) is 2.18. The quantitative estimate of drug-likeness (QED) is 0.583. The number of nitrogens with zero attached hydrogens (tertiary/aromatic N) is 2. The average molecular weight is 276 g/mol. The molecule has 1 aromatic heterocycles. The van der Waals surface area contributed by atoms with Crippen LogP contribution < -0.4 is 0 Å². The SMILES string of the molecule is BrCc1cccc2n[se]nc12. The van der Waals surface area contributed by atoms with Crippen LogP contribution in [0.15, 0.2) is 18.2 Å².